The van der Waals surface area contributed by atoms with Crippen LogP contribution in [0.2, 0.25) is 0 Å². The van der Waals surface area contributed by atoms with Gasteiger partial charge in [0.1, 0.15) is 11.1 Å². The van der Waals surface area contributed by atoms with E-state index in [2.05, 4.69) is 5.32 Å². The van der Waals surface area contributed by atoms with Gasteiger partial charge in [0.25, 0.3) is 23.4 Å². The molecular formula is C16H15N3O6. The summed E-state index contributed by atoms with van der Waals surface area (Å²) in [5, 5.41) is 13.4. The van der Waals surface area contributed by atoms with Gasteiger partial charge in [-0.05, 0) is 18.9 Å². The molecule has 2 aliphatic rings. The van der Waals surface area contributed by atoms with Crippen LogP contribution in [-0.2, 0) is 9.59 Å². The maximum atomic E-state index is 12.9. The average Bonchev–Trinajstić information content (AvgIpc) is 2.82. The molecule has 0 aromatic heterocycles. The minimum Gasteiger partial charge on any atom is -0.294 e. The standard InChI is InChI=1S/C16H15N3O6/c1-2-7-16(8-6-11(20)17-15(16)23)18-13(21)9-4-3-5-10(19(24)25)12(9)14(18)22/h3-5H,2,6-8H2,1H3,(H,17,20,23). The van der Waals surface area contributed by atoms with Crippen LogP contribution in [0.1, 0.15) is 53.3 Å². The first-order valence-electron chi connectivity index (χ1n) is 7.84. The van der Waals surface area contributed by atoms with E-state index in [4.69, 9.17) is 0 Å². The van der Waals surface area contributed by atoms with Crippen molar-refractivity contribution in [3.05, 3.63) is 39.4 Å². The second-order valence-corrected chi connectivity index (χ2v) is 6.06. The van der Waals surface area contributed by atoms with Gasteiger partial charge < -0.3 is 0 Å². The highest BCUT2D eigenvalue weighted by atomic mass is 16.6. The topological polar surface area (TPSA) is 127 Å². The summed E-state index contributed by atoms with van der Waals surface area (Å²) < 4.78 is 0. The smallest absolute Gasteiger partial charge is 0.282 e. The molecule has 0 saturated carbocycles. The number of carbonyl (C=O) groups excluding carboxylic acids is 4. The lowest BCUT2D eigenvalue weighted by molar-refractivity contribution is -0.385. The number of hydrogen-bond donors (Lipinski definition) is 1. The van der Waals surface area contributed by atoms with Crippen molar-refractivity contribution >= 4 is 29.3 Å². The summed E-state index contributed by atoms with van der Waals surface area (Å²) in [6.45, 7) is 1.78. The minimum atomic E-state index is -1.51. The number of nitro groups is 1. The third-order valence-electron chi connectivity index (χ3n) is 4.62. The van der Waals surface area contributed by atoms with Crippen molar-refractivity contribution in [3.63, 3.8) is 0 Å². The highest BCUT2D eigenvalue weighted by Gasteiger charge is 2.56. The fourth-order valence-corrected chi connectivity index (χ4v) is 3.53. The van der Waals surface area contributed by atoms with E-state index in [-0.39, 0.29) is 30.4 Å². The van der Waals surface area contributed by atoms with Crippen molar-refractivity contribution in [3.8, 4) is 0 Å². The molecule has 4 amide bonds. The van der Waals surface area contributed by atoms with Gasteiger partial charge in [0, 0.05) is 12.5 Å². The number of rotatable bonds is 4. The number of carbonyl (C=O) groups is 4. The average molecular weight is 345 g/mol. The predicted octanol–water partition coefficient (Wildman–Crippen LogP) is 1.17. The molecule has 1 unspecified atom stereocenters. The van der Waals surface area contributed by atoms with Gasteiger partial charge in [-0.3, -0.25) is 39.5 Å². The molecule has 1 N–H and O–H groups in total. The van der Waals surface area contributed by atoms with E-state index in [9.17, 15) is 29.3 Å². The van der Waals surface area contributed by atoms with Crippen molar-refractivity contribution in [1.82, 2.24) is 10.2 Å². The zero-order chi connectivity index (χ0) is 18.4. The molecule has 9 heteroatoms. The van der Waals surface area contributed by atoms with Gasteiger partial charge in [-0.25, -0.2) is 0 Å². The third-order valence-corrected chi connectivity index (χ3v) is 4.62. The number of nitrogens with one attached hydrogen (secondary N) is 1. The Morgan fingerprint density at radius 1 is 1.24 bits per heavy atom. The summed E-state index contributed by atoms with van der Waals surface area (Å²) in [5.41, 5.74) is -2.39. The van der Waals surface area contributed by atoms with E-state index in [0.29, 0.717) is 6.42 Å². The Labute approximate surface area is 142 Å². The molecule has 2 aliphatic heterocycles. The summed E-state index contributed by atoms with van der Waals surface area (Å²) in [5.74, 6) is -2.81. The zero-order valence-electron chi connectivity index (χ0n) is 13.4. The van der Waals surface area contributed by atoms with E-state index in [1.54, 1.807) is 6.92 Å². The molecule has 3 rings (SSSR count). The Bertz CT molecular complexity index is 833. The van der Waals surface area contributed by atoms with Crippen LogP contribution in [0, 0.1) is 10.1 Å². The Balaban J connectivity index is 2.14. The monoisotopic (exact) mass is 345 g/mol. The van der Waals surface area contributed by atoms with E-state index >= 15 is 0 Å². The van der Waals surface area contributed by atoms with Crippen LogP contribution in [0.3, 0.4) is 0 Å². The molecule has 2 heterocycles. The third kappa shape index (κ3) is 2.31. The number of amides is 4. The number of hydrogen-bond acceptors (Lipinski definition) is 6. The number of nitrogens with zero attached hydrogens (tertiary/aromatic N) is 2. The van der Waals surface area contributed by atoms with Crippen LogP contribution in [0.25, 0.3) is 0 Å². The Hall–Kier alpha value is -3.10. The summed E-state index contributed by atoms with van der Waals surface area (Å²) in [7, 11) is 0. The normalized spacial score (nSPS) is 22.8. The molecule has 0 aliphatic carbocycles. The molecule has 0 spiro atoms. The van der Waals surface area contributed by atoms with Gasteiger partial charge in [-0.2, -0.15) is 0 Å². The number of nitro benzene ring substituents is 1. The first-order valence-corrected chi connectivity index (χ1v) is 7.84. The van der Waals surface area contributed by atoms with Crippen molar-refractivity contribution in [2.45, 2.75) is 38.1 Å². The Kier molecular flexibility index (Phi) is 3.86. The molecule has 1 aromatic carbocycles. The fourth-order valence-electron chi connectivity index (χ4n) is 3.53. The number of fused-ring (bicyclic) bond motifs is 1. The minimum absolute atomic E-state index is 0.00473. The van der Waals surface area contributed by atoms with E-state index < -0.39 is 39.8 Å². The van der Waals surface area contributed by atoms with Gasteiger partial charge >= 0.3 is 0 Å². The molecular weight excluding hydrogens is 330 g/mol. The quantitative estimate of drug-likeness (QED) is 0.496. The van der Waals surface area contributed by atoms with Crippen LogP contribution < -0.4 is 5.32 Å². The lowest BCUT2D eigenvalue weighted by Crippen LogP contribution is -2.64. The molecule has 1 saturated heterocycles. The van der Waals surface area contributed by atoms with E-state index in [1.807, 2.05) is 0 Å². The van der Waals surface area contributed by atoms with Gasteiger partial charge in [-0.15, -0.1) is 0 Å². The van der Waals surface area contributed by atoms with Crippen molar-refractivity contribution in [1.29, 1.82) is 0 Å². The van der Waals surface area contributed by atoms with Crippen molar-refractivity contribution in [2.24, 2.45) is 0 Å². The van der Waals surface area contributed by atoms with Crippen LogP contribution in [0.15, 0.2) is 18.2 Å². The molecule has 0 bridgehead atoms. The number of piperidine rings is 1. The van der Waals surface area contributed by atoms with Gasteiger partial charge in [0.2, 0.25) is 5.91 Å². The highest BCUT2D eigenvalue weighted by Crippen LogP contribution is 2.39. The summed E-state index contributed by atoms with van der Waals surface area (Å²) in [6.07, 6.45) is 0.647. The summed E-state index contributed by atoms with van der Waals surface area (Å²) >= 11 is 0. The second kappa shape index (κ2) is 5.76. The lowest BCUT2D eigenvalue weighted by Gasteiger charge is -2.41. The van der Waals surface area contributed by atoms with Gasteiger partial charge in [0.15, 0.2) is 0 Å². The zero-order valence-corrected chi connectivity index (χ0v) is 13.4. The van der Waals surface area contributed by atoms with Gasteiger partial charge in [0.05, 0.1) is 10.5 Å². The van der Waals surface area contributed by atoms with E-state index in [0.717, 1.165) is 11.0 Å². The van der Waals surface area contributed by atoms with Crippen molar-refractivity contribution in [2.75, 3.05) is 0 Å². The van der Waals surface area contributed by atoms with Gasteiger partial charge in [-0.1, -0.05) is 19.4 Å². The first kappa shape index (κ1) is 16.7. The molecule has 1 aromatic rings. The summed E-state index contributed by atoms with van der Waals surface area (Å²) in [4.78, 5) is 61.0. The molecule has 25 heavy (non-hydrogen) atoms. The second-order valence-electron chi connectivity index (χ2n) is 6.06. The molecule has 130 valence electrons. The molecule has 0 radical (unpaired) electrons. The van der Waals surface area contributed by atoms with Crippen LogP contribution >= 0.6 is 0 Å². The Morgan fingerprint density at radius 3 is 2.56 bits per heavy atom. The number of benzene rings is 1. The maximum absolute atomic E-state index is 12.9. The molecule has 1 fully saturated rings. The first-order chi connectivity index (χ1) is 11.8. The molecule has 9 nitrogen and oxygen atoms in total. The SMILES string of the molecule is CCCC1(N2C(=O)c3cccc([N+](=O)[O-])c3C2=O)CCC(=O)NC1=O. The van der Waals surface area contributed by atoms with Crippen molar-refractivity contribution < 1.29 is 24.1 Å². The Morgan fingerprint density at radius 2 is 1.96 bits per heavy atom. The summed E-state index contributed by atoms with van der Waals surface area (Å²) in [6, 6.07) is 3.79. The largest absolute Gasteiger partial charge is 0.294 e. The van der Waals surface area contributed by atoms with E-state index in [1.165, 1.54) is 12.1 Å². The lowest BCUT2D eigenvalue weighted by atomic mass is 9.82. The maximum Gasteiger partial charge on any atom is 0.282 e. The fraction of sp³-hybridized carbons (Fsp3) is 0.375. The van der Waals surface area contributed by atoms with Crippen LogP contribution in [0.4, 0.5) is 5.69 Å². The van der Waals surface area contributed by atoms with Crippen LogP contribution in [0.5, 0.6) is 0 Å². The van der Waals surface area contributed by atoms with Crippen LogP contribution in [-0.4, -0.2) is 39.0 Å². The number of imide groups is 2. The highest BCUT2D eigenvalue weighted by molar-refractivity contribution is 6.25. The molecule has 1 atom stereocenters. The predicted molar refractivity (Wildman–Crippen MR) is 83.6 cm³/mol.